The fourth-order valence-electron chi connectivity index (χ4n) is 4.02. The molecule has 1 aliphatic rings. The number of benzene rings is 2. The molecule has 2 heterocycles. The molecule has 164 valence electrons. The lowest BCUT2D eigenvalue weighted by molar-refractivity contribution is 0.215. The van der Waals surface area contributed by atoms with E-state index in [2.05, 4.69) is 52.0 Å². The second-order valence-corrected chi connectivity index (χ2v) is 9.06. The van der Waals surface area contributed by atoms with Crippen LogP contribution in [0.4, 0.5) is 0 Å². The minimum Gasteiger partial charge on any atom is -0.494 e. The number of fused-ring (bicyclic) bond motifs is 1. The van der Waals surface area contributed by atoms with Gasteiger partial charge in [-0.1, -0.05) is 35.7 Å². The summed E-state index contributed by atoms with van der Waals surface area (Å²) in [5, 5.41) is 1.04. The van der Waals surface area contributed by atoms with Crippen LogP contribution in [-0.4, -0.2) is 42.7 Å². The second-order valence-electron chi connectivity index (χ2n) is 8.14. The van der Waals surface area contributed by atoms with Gasteiger partial charge >= 0.3 is 0 Å². The maximum Gasteiger partial charge on any atom is 0.130 e. The van der Waals surface area contributed by atoms with Gasteiger partial charge in [-0.3, -0.25) is 4.90 Å². The highest BCUT2D eigenvalue weighted by atomic mass is 79.9. The molecule has 4 nitrogen and oxygen atoms in total. The summed E-state index contributed by atoms with van der Waals surface area (Å²) >= 11 is 3.59. The molecule has 5 heteroatoms. The van der Waals surface area contributed by atoms with Crippen molar-refractivity contribution in [3.63, 3.8) is 0 Å². The molecule has 0 spiro atoms. The molecule has 1 aromatic heterocycles. The van der Waals surface area contributed by atoms with Gasteiger partial charge in [-0.05, 0) is 74.8 Å². The van der Waals surface area contributed by atoms with E-state index >= 15 is 0 Å². The molecule has 4 rings (SSSR count). The number of hydrogen-bond acceptors (Lipinski definition) is 4. The van der Waals surface area contributed by atoms with Gasteiger partial charge in [-0.25, -0.2) is 4.98 Å². The Kier molecular flexibility index (Phi) is 7.81. The van der Waals surface area contributed by atoms with Gasteiger partial charge in [0, 0.05) is 28.0 Å². The summed E-state index contributed by atoms with van der Waals surface area (Å²) in [5.41, 5.74) is 2.92. The maximum absolute atomic E-state index is 6.33. The van der Waals surface area contributed by atoms with Gasteiger partial charge in [0.1, 0.15) is 18.1 Å². The van der Waals surface area contributed by atoms with Crippen molar-refractivity contribution in [2.45, 2.75) is 39.0 Å². The Balaban J connectivity index is 1.55. The monoisotopic (exact) mass is 482 g/mol. The quantitative estimate of drug-likeness (QED) is 0.357. The van der Waals surface area contributed by atoms with Crippen molar-refractivity contribution in [1.82, 2.24) is 9.88 Å². The summed E-state index contributed by atoms with van der Waals surface area (Å²) in [5.74, 6) is 1.78. The first-order valence-corrected chi connectivity index (χ1v) is 12.2. The van der Waals surface area contributed by atoms with Crippen LogP contribution in [0.3, 0.4) is 0 Å². The molecule has 3 aromatic rings. The SMILES string of the molecule is CCCOc1ccc(-c2cc(OCCN3CCCCCC3)c3cc(Br)ccc3n2)cc1. The van der Waals surface area contributed by atoms with Crippen LogP contribution < -0.4 is 9.47 Å². The largest absolute Gasteiger partial charge is 0.494 e. The first-order valence-electron chi connectivity index (χ1n) is 11.4. The zero-order valence-corrected chi connectivity index (χ0v) is 19.9. The molecule has 0 aliphatic carbocycles. The predicted octanol–water partition coefficient (Wildman–Crippen LogP) is 6.71. The van der Waals surface area contributed by atoms with Crippen molar-refractivity contribution in [1.29, 1.82) is 0 Å². The minimum absolute atomic E-state index is 0.689. The number of nitrogens with zero attached hydrogens (tertiary/aromatic N) is 2. The number of halogens is 1. The lowest BCUT2D eigenvalue weighted by Crippen LogP contribution is -2.29. The van der Waals surface area contributed by atoms with Gasteiger partial charge < -0.3 is 9.47 Å². The standard InChI is InChI=1S/C26H31BrN2O2/c1-2-16-30-22-10-7-20(8-11-22)25-19-26(23-18-21(27)9-12-24(23)28-25)31-17-15-29-13-5-3-4-6-14-29/h7-12,18-19H,2-6,13-17H2,1H3. The van der Waals surface area contributed by atoms with Gasteiger partial charge in [0.05, 0.1) is 17.8 Å². The van der Waals surface area contributed by atoms with Crippen LogP contribution >= 0.6 is 15.9 Å². The molecule has 31 heavy (non-hydrogen) atoms. The summed E-state index contributed by atoms with van der Waals surface area (Å²) in [6.45, 7) is 6.87. The van der Waals surface area contributed by atoms with Gasteiger partial charge in [0.15, 0.2) is 0 Å². The zero-order valence-electron chi connectivity index (χ0n) is 18.3. The molecule has 0 saturated carbocycles. The fourth-order valence-corrected chi connectivity index (χ4v) is 4.38. The Morgan fingerprint density at radius 1 is 0.903 bits per heavy atom. The Labute approximate surface area is 193 Å². The average molecular weight is 483 g/mol. The van der Waals surface area contributed by atoms with Gasteiger partial charge in [0.2, 0.25) is 0 Å². The Morgan fingerprint density at radius 3 is 2.42 bits per heavy atom. The topological polar surface area (TPSA) is 34.6 Å². The van der Waals surface area contributed by atoms with Crippen molar-refractivity contribution < 1.29 is 9.47 Å². The number of likely N-dealkylation sites (tertiary alicyclic amines) is 1. The Morgan fingerprint density at radius 2 is 1.68 bits per heavy atom. The zero-order chi connectivity index (χ0) is 21.5. The van der Waals surface area contributed by atoms with E-state index in [1.54, 1.807) is 0 Å². The maximum atomic E-state index is 6.33. The number of aromatic nitrogens is 1. The third kappa shape index (κ3) is 5.98. The highest BCUT2D eigenvalue weighted by Gasteiger charge is 2.12. The molecular weight excluding hydrogens is 452 g/mol. The van der Waals surface area contributed by atoms with Crippen LogP contribution in [0.5, 0.6) is 11.5 Å². The third-order valence-electron chi connectivity index (χ3n) is 5.72. The van der Waals surface area contributed by atoms with Crippen molar-refractivity contribution in [2.24, 2.45) is 0 Å². The number of ether oxygens (including phenoxy) is 2. The van der Waals surface area contributed by atoms with E-state index in [9.17, 15) is 0 Å². The summed E-state index contributed by atoms with van der Waals surface area (Å²) < 4.78 is 13.1. The highest BCUT2D eigenvalue weighted by Crippen LogP contribution is 2.32. The van der Waals surface area contributed by atoms with Crippen LogP contribution in [0.1, 0.15) is 39.0 Å². The predicted molar refractivity (Wildman–Crippen MR) is 131 cm³/mol. The number of rotatable bonds is 8. The number of pyridine rings is 1. The molecular formula is C26H31BrN2O2. The molecule has 0 radical (unpaired) electrons. The molecule has 1 fully saturated rings. The van der Waals surface area contributed by atoms with E-state index < -0.39 is 0 Å². The molecule has 2 aromatic carbocycles. The lowest BCUT2D eigenvalue weighted by atomic mass is 10.1. The molecule has 1 aliphatic heterocycles. The van der Waals surface area contributed by atoms with Gasteiger partial charge in [-0.15, -0.1) is 0 Å². The Bertz CT molecular complexity index is 983. The normalized spacial score (nSPS) is 15.0. The van der Waals surface area contributed by atoms with Crippen LogP contribution in [0.25, 0.3) is 22.2 Å². The van der Waals surface area contributed by atoms with E-state index in [1.807, 2.05) is 24.3 Å². The summed E-state index contributed by atoms with van der Waals surface area (Å²) in [7, 11) is 0. The summed E-state index contributed by atoms with van der Waals surface area (Å²) in [6, 6.07) is 16.4. The third-order valence-corrected chi connectivity index (χ3v) is 6.21. The average Bonchev–Trinajstić information content (AvgIpc) is 3.07. The van der Waals surface area contributed by atoms with Crippen molar-refractivity contribution >= 4 is 26.8 Å². The van der Waals surface area contributed by atoms with Crippen molar-refractivity contribution in [3.05, 3.63) is 53.0 Å². The van der Waals surface area contributed by atoms with Crippen LogP contribution in [0, 0.1) is 0 Å². The Hall–Kier alpha value is -2.11. The lowest BCUT2D eigenvalue weighted by Gasteiger charge is -2.20. The van der Waals surface area contributed by atoms with E-state index in [1.165, 1.54) is 38.8 Å². The van der Waals surface area contributed by atoms with Crippen molar-refractivity contribution in [2.75, 3.05) is 32.8 Å². The number of hydrogen-bond donors (Lipinski definition) is 0. The van der Waals surface area contributed by atoms with E-state index in [0.29, 0.717) is 6.61 Å². The molecule has 0 atom stereocenters. The van der Waals surface area contributed by atoms with E-state index in [4.69, 9.17) is 14.5 Å². The fraction of sp³-hybridized carbons (Fsp3) is 0.423. The van der Waals surface area contributed by atoms with Crippen molar-refractivity contribution in [3.8, 4) is 22.8 Å². The van der Waals surface area contributed by atoms with E-state index in [-0.39, 0.29) is 0 Å². The summed E-state index contributed by atoms with van der Waals surface area (Å²) in [4.78, 5) is 7.43. The van der Waals surface area contributed by atoms with Gasteiger partial charge in [-0.2, -0.15) is 0 Å². The minimum atomic E-state index is 0.689. The van der Waals surface area contributed by atoms with Crippen LogP contribution in [0.15, 0.2) is 53.0 Å². The molecule has 0 amide bonds. The summed E-state index contributed by atoms with van der Waals surface area (Å²) in [6.07, 6.45) is 6.31. The molecule has 0 bridgehead atoms. The molecule has 1 saturated heterocycles. The van der Waals surface area contributed by atoms with Gasteiger partial charge in [0.25, 0.3) is 0 Å². The first kappa shape index (κ1) is 22.1. The second kappa shape index (κ2) is 11.0. The molecule has 0 unspecified atom stereocenters. The smallest absolute Gasteiger partial charge is 0.130 e. The molecule has 0 N–H and O–H groups in total. The van der Waals surface area contributed by atoms with Crippen LogP contribution in [-0.2, 0) is 0 Å². The first-order chi connectivity index (χ1) is 15.2. The van der Waals surface area contributed by atoms with Crippen LogP contribution in [0.2, 0.25) is 0 Å². The highest BCUT2D eigenvalue weighted by molar-refractivity contribution is 9.10. The van der Waals surface area contributed by atoms with E-state index in [0.717, 1.165) is 57.7 Å².